The zero-order valence-electron chi connectivity index (χ0n) is 9.42. The van der Waals surface area contributed by atoms with Crippen molar-refractivity contribution in [3.63, 3.8) is 0 Å². The molecular formula is C12H7BrCl2N4. The molecule has 0 saturated carbocycles. The summed E-state index contributed by atoms with van der Waals surface area (Å²) in [6.45, 7) is 0. The lowest BCUT2D eigenvalue weighted by molar-refractivity contribution is 1.29. The van der Waals surface area contributed by atoms with Crippen LogP contribution in [0.15, 0.2) is 28.9 Å². The molecule has 1 aromatic heterocycles. The first-order valence-corrected chi connectivity index (χ1v) is 6.64. The fraction of sp³-hybridized carbons (Fsp3) is 0. The third kappa shape index (κ3) is 2.92. The molecule has 2 rings (SSSR count). The topological polar surface area (TPSA) is 74.7 Å². The van der Waals surface area contributed by atoms with Gasteiger partial charge in [-0.15, -0.1) is 0 Å². The first-order chi connectivity index (χ1) is 9.02. The number of anilines is 3. The monoisotopic (exact) mass is 356 g/mol. The van der Waals surface area contributed by atoms with E-state index in [1.54, 1.807) is 12.1 Å². The van der Waals surface area contributed by atoms with E-state index >= 15 is 0 Å². The van der Waals surface area contributed by atoms with Crippen LogP contribution in [0.2, 0.25) is 10.0 Å². The van der Waals surface area contributed by atoms with Gasteiger partial charge in [-0.25, -0.2) is 4.98 Å². The molecule has 96 valence electrons. The Bertz CT molecular complexity index is 682. The Morgan fingerprint density at radius 2 is 2.05 bits per heavy atom. The maximum absolute atomic E-state index is 8.74. The number of nitrogen functional groups attached to an aromatic ring is 1. The second-order valence-corrected chi connectivity index (χ2v) is 5.23. The molecule has 2 aromatic rings. The van der Waals surface area contributed by atoms with E-state index < -0.39 is 0 Å². The number of nitrogens with zero attached hydrogens (tertiary/aromatic N) is 2. The Morgan fingerprint density at radius 1 is 1.32 bits per heavy atom. The van der Waals surface area contributed by atoms with Gasteiger partial charge in [0, 0.05) is 10.7 Å². The molecule has 19 heavy (non-hydrogen) atoms. The Kier molecular flexibility index (Phi) is 4.15. The van der Waals surface area contributed by atoms with Crippen LogP contribution >= 0.6 is 39.1 Å². The van der Waals surface area contributed by atoms with Gasteiger partial charge in [0.25, 0.3) is 0 Å². The van der Waals surface area contributed by atoms with Gasteiger partial charge in [-0.05, 0) is 34.1 Å². The summed E-state index contributed by atoms with van der Waals surface area (Å²) < 4.78 is 0.700. The number of nitriles is 1. The van der Waals surface area contributed by atoms with Gasteiger partial charge in [0.2, 0.25) is 0 Å². The van der Waals surface area contributed by atoms with Gasteiger partial charge in [-0.3, -0.25) is 0 Å². The number of pyridine rings is 1. The van der Waals surface area contributed by atoms with Crippen LogP contribution in [-0.4, -0.2) is 4.98 Å². The van der Waals surface area contributed by atoms with Crippen LogP contribution in [0.5, 0.6) is 0 Å². The van der Waals surface area contributed by atoms with E-state index in [1.165, 1.54) is 12.3 Å². The van der Waals surface area contributed by atoms with Crippen molar-refractivity contribution in [1.29, 1.82) is 5.26 Å². The highest BCUT2D eigenvalue weighted by molar-refractivity contribution is 9.10. The molecule has 0 atom stereocenters. The van der Waals surface area contributed by atoms with Gasteiger partial charge in [-0.1, -0.05) is 23.2 Å². The zero-order valence-corrected chi connectivity index (χ0v) is 12.5. The average Bonchev–Trinajstić information content (AvgIpc) is 2.41. The predicted molar refractivity (Wildman–Crippen MR) is 80.8 cm³/mol. The fourth-order valence-electron chi connectivity index (χ4n) is 1.40. The van der Waals surface area contributed by atoms with Gasteiger partial charge in [0.05, 0.1) is 27.0 Å². The highest BCUT2D eigenvalue weighted by Crippen LogP contribution is 2.37. The van der Waals surface area contributed by atoms with Crippen molar-refractivity contribution < 1.29 is 0 Å². The summed E-state index contributed by atoms with van der Waals surface area (Å²) in [5.41, 5.74) is 7.13. The van der Waals surface area contributed by atoms with Gasteiger partial charge < -0.3 is 11.1 Å². The van der Waals surface area contributed by atoms with Gasteiger partial charge in [-0.2, -0.15) is 5.26 Å². The van der Waals surface area contributed by atoms with Gasteiger partial charge in [0.15, 0.2) is 5.82 Å². The molecule has 0 unspecified atom stereocenters. The molecule has 0 bridgehead atoms. The molecule has 7 heteroatoms. The molecule has 0 aliphatic rings. The molecule has 0 radical (unpaired) electrons. The zero-order chi connectivity index (χ0) is 14.0. The standard InChI is InChI=1S/C12H7BrCl2N4/c13-7-1-2-9(11(15)10(7)14)19-12-8(17)3-6(4-16)5-18-12/h1-3,5H,17H2,(H,18,19). The summed E-state index contributed by atoms with van der Waals surface area (Å²) in [6.07, 6.45) is 1.42. The minimum Gasteiger partial charge on any atom is -0.396 e. The lowest BCUT2D eigenvalue weighted by atomic mass is 10.2. The average molecular weight is 358 g/mol. The van der Waals surface area contributed by atoms with Crippen molar-refractivity contribution in [3.8, 4) is 6.07 Å². The minimum atomic E-state index is 0.356. The number of hydrogen-bond donors (Lipinski definition) is 2. The van der Waals surface area contributed by atoms with E-state index in [0.717, 1.165) is 0 Å². The lowest BCUT2D eigenvalue weighted by Crippen LogP contribution is -2.00. The number of rotatable bonds is 2. The van der Waals surface area contributed by atoms with E-state index in [2.05, 4.69) is 26.2 Å². The summed E-state index contributed by atoms with van der Waals surface area (Å²) in [7, 11) is 0. The van der Waals surface area contributed by atoms with E-state index in [9.17, 15) is 0 Å². The maximum atomic E-state index is 8.74. The van der Waals surface area contributed by atoms with E-state index in [0.29, 0.717) is 37.3 Å². The quantitative estimate of drug-likeness (QED) is 0.783. The van der Waals surface area contributed by atoms with Crippen LogP contribution in [0.3, 0.4) is 0 Å². The molecular weight excluding hydrogens is 351 g/mol. The Morgan fingerprint density at radius 3 is 2.68 bits per heavy atom. The highest BCUT2D eigenvalue weighted by atomic mass is 79.9. The van der Waals surface area contributed by atoms with Crippen LogP contribution in [0.25, 0.3) is 0 Å². The predicted octanol–water partition coefficient (Wildman–Crippen LogP) is 4.35. The Hall–Kier alpha value is -1.48. The number of aromatic nitrogens is 1. The minimum absolute atomic E-state index is 0.356. The van der Waals surface area contributed by atoms with Crippen molar-refractivity contribution in [3.05, 3.63) is 44.5 Å². The molecule has 0 spiro atoms. The Labute approximate surface area is 128 Å². The van der Waals surface area contributed by atoms with Crippen LogP contribution < -0.4 is 11.1 Å². The SMILES string of the molecule is N#Cc1cnc(Nc2ccc(Br)c(Cl)c2Cl)c(N)c1. The second-order valence-electron chi connectivity index (χ2n) is 3.62. The smallest absolute Gasteiger partial charge is 0.153 e. The molecule has 0 saturated heterocycles. The normalized spacial score (nSPS) is 10.0. The molecule has 0 aliphatic heterocycles. The van der Waals surface area contributed by atoms with Gasteiger partial charge in [0.1, 0.15) is 6.07 Å². The summed E-state index contributed by atoms with van der Waals surface area (Å²) >= 11 is 15.4. The summed E-state index contributed by atoms with van der Waals surface area (Å²) in [5, 5.41) is 12.5. The van der Waals surface area contributed by atoms with E-state index in [4.69, 9.17) is 34.2 Å². The largest absolute Gasteiger partial charge is 0.396 e. The molecule has 4 nitrogen and oxygen atoms in total. The van der Waals surface area contributed by atoms with Crippen LogP contribution in [0, 0.1) is 11.3 Å². The van der Waals surface area contributed by atoms with Crippen molar-refractivity contribution in [2.75, 3.05) is 11.1 Å². The van der Waals surface area contributed by atoms with Crippen LogP contribution in [-0.2, 0) is 0 Å². The maximum Gasteiger partial charge on any atom is 0.153 e. The van der Waals surface area contributed by atoms with Crippen molar-refractivity contribution in [1.82, 2.24) is 4.98 Å². The first kappa shape index (κ1) is 13.9. The second kappa shape index (κ2) is 5.66. The van der Waals surface area contributed by atoms with Gasteiger partial charge >= 0.3 is 0 Å². The molecule has 0 amide bonds. The number of nitrogens with two attached hydrogens (primary N) is 1. The number of nitrogens with one attached hydrogen (secondary N) is 1. The van der Waals surface area contributed by atoms with E-state index in [1.807, 2.05) is 6.07 Å². The first-order valence-electron chi connectivity index (χ1n) is 5.09. The van der Waals surface area contributed by atoms with Crippen molar-refractivity contribution in [2.45, 2.75) is 0 Å². The summed E-state index contributed by atoms with van der Waals surface area (Å²) in [5.74, 6) is 0.416. The number of benzene rings is 1. The summed E-state index contributed by atoms with van der Waals surface area (Å²) in [4.78, 5) is 4.07. The number of halogens is 3. The van der Waals surface area contributed by atoms with E-state index in [-0.39, 0.29) is 0 Å². The third-order valence-corrected chi connectivity index (χ3v) is 4.11. The Balaban J connectivity index is 2.37. The molecule has 1 heterocycles. The molecule has 0 fully saturated rings. The van der Waals surface area contributed by atoms with Crippen LogP contribution in [0.4, 0.5) is 17.2 Å². The molecule has 1 aromatic carbocycles. The third-order valence-electron chi connectivity index (χ3n) is 2.33. The van der Waals surface area contributed by atoms with Crippen LogP contribution in [0.1, 0.15) is 5.56 Å². The van der Waals surface area contributed by atoms with Crippen molar-refractivity contribution >= 4 is 56.3 Å². The van der Waals surface area contributed by atoms with Crippen molar-refractivity contribution in [2.24, 2.45) is 0 Å². The fourth-order valence-corrected chi connectivity index (χ4v) is 2.22. The highest BCUT2D eigenvalue weighted by Gasteiger charge is 2.10. The molecule has 0 aliphatic carbocycles. The lowest BCUT2D eigenvalue weighted by Gasteiger charge is -2.11. The molecule has 3 N–H and O–H groups in total. The summed E-state index contributed by atoms with van der Waals surface area (Å²) in [6, 6.07) is 7.00. The number of hydrogen-bond acceptors (Lipinski definition) is 4.